The molecule has 1 aliphatic heterocycles. The summed E-state index contributed by atoms with van der Waals surface area (Å²) in [5.41, 5.74) is 3.08. The van der Waals surface area contributed by atoms with Crippen molar-refractivity contribution in [3.05, 3.63) is 28.8 Å². The number of benzene rings is 1. The average molecular weight is 309 g/mol. The minimum absolute atomic E-state index is 0.420. The number of hydrogen-bond acceptors (Lipinski definition) is 2. The predicted octanol–water partition coefficient (Wildman–Crippen LogP) is 4.71. The van der Waals surface area contributed by atoms with E-state index in [-0.39, 0.29) is 0 Å². The number of anilines is 1. The Hall–Kier alpha value is -0.730. The molecule has 1 atom stereocenters. The topological polar surface area (TPSA) is 15.3 Å². The van der Waals surface area contributed by atoms with Gasteiger partial charge in [-0.05, 0) is 61.4 Å². The second-order valence-corrected chi connectivity index (χ2v) is 7.72. The molecule has 1 unspecified atom stereocenters. The van der Waals surface area contributed by atoms with E-state index in [4.69, 9.17) is 11.6 Å². The van der Waals surface area contributed by atoms with Crippen molar-refractivity contribution in [1.82, 2.24) is 5.32 Å². The zero-order chi connectivity index (χ0) is 15.5. The quantitative estimate of drug-likeness (QED) is 0.869. The molecule has 1 fully saturated rings. The highest BCUT2D eigenvalue weighted by Crippen LogP contribution is 2.36. The van der Waals surface area contributed by atoms with Gasteiger partial charge >= 0.3 is 0 Å². The van der Waals surface area contributed by atoms with Gasteiger partial charge in [0.15, 0.2) is 0 Å². The molecule has 118 valence electrons. The molecule has 0 aliphatic carbocycles. The van der Waals surface area contributed by atoms with Crippen LogP contribution in [0.2, 0.25) is 5.02 Å². The van der Waals surface area contributed by atoms with Crippen LogP contribution in [-0.2, 0) is 6.54 Å². The van der Waals surface area contributed by atoms with E-state index < -0.39 is 0 Å². The second-order valence-electron chi connectivity index (χ2n) is 7.28. The van der Waals surface area contributed by atoms with Gasteiger partial charge in [-0.2, -0.15) is 0 Å². The molecular weight excluding hydrogens is 280 g/mol. The van der Waals surface area contributed by atoms with Gasteiger partial charge < -0.3 is 10.2 Å². The molecule has 1 aromatic rings. The Labute approximate surface area is 134 Å². The number of nitrogens with one attached hydrogen (secondary N) is 1. The summed E-state index contributed by atoms with van der Waals surface area (Å²) >= 11 is 6.16. The molecule has 0 saturated carbocycles. The maximum Gasteiger partial charge on any atom is 0.0412 e. The van der Waals surface area contributed by atoms with E-state index in [1.807, 2.05) is 13.1 Å². The number of hydrogen-bond donors (Lipinski definition) is 1. The van der Waals surface area contributed by atoms with Gasteiger partial charge in [0.1, 0.15) is 0 Å². The van der Waals surface area contributed by atoms with E-state index in [0.717, 1.165) is 30.6 Å². The van der Waals surface area contributed by atoms with Gasteiger partial charge in [0.2, 0.25) is 0 Å². The number of rotatable bonds is 3. The minimum Gasteiger partial charge on any atom is -0.371 e. The largest absolute Gasteiger partial charge is 0.371 e. The van der Waals surface area contributed by atoms with Crippen molar-refractivity contribution in [3.63, 3.8) is 0 Å². The highest BCUT2D eigenvalue weighted by atomic mass is 35.5. The average Bonchev–Trinajstić information content (AvgIpc) is 2.64. The zero-order valence-corrected chi connectivity index (χ0v) is 14.6. The van der Waals surface area contributed by atoms with Crippen LogP contribution < -0.4 is 10.2 Å². The molecule has 0 aromatic heterocycles. The first-order chi connectivity index (χ1) is 9.91. The Morgan fingerprint density at radius 1 is 1.24 bits per heavy atom. The van der Waals surface area contributed by atoms with Crippen LogP contribution in [-0.4, -0.2) is 20.1 Å². The van der Waals surface area contributed by atoms with Crippen molar-refractivity contribution < 1.29 is 0 Å². The van der Waals surface area contributed by atoms with Gasteiger partial charge in [0.25, 0.3) is 0 Å². The normalized spacial score (nSPS) is 20.4. The van der Waals surface area contributed by atoms with Crippen LogP contribution in [0.4, 0.5) is 5.69 Å². The van der Waals surface area contributed by atoms with Gasteiger partial charge in [-0.15, -0.1) is 0 Å². The lowest BCUT2D eigenvalue weighted by Gasteiger charge is -2.30. The van der Waals surface area contributed by atoms with Crippen LogP contribution >= 0.6 is 11.6 Å². The summed E-state index contributed by atoms with van der Waals surface area (Å²) in [5, 5.41) is 4.08. The van der Waals surface area contributed by atoms with Crippen LogP contribution in [0, 0.1) is 11.3 Å². The summed E-state index contributed by atoms with van der Waals surface area (Å²) < 4.78 is 0. The molecule has 1 saturated heterocycles. The van der Waals surface area contributed by atoms with Crippen molar-refractivity contribution in [2.45, 2.75) is 46.6 Å². The van der Waals surface area contributed by atoms with E-state index in [2.05, 4.69) is 43.1 Å². The Morgan fingerprint density at radius 2 is 2.00 bits per heavy atom. The van der Waals surface area contributed by atoms with E-state index >= 15 is 0 Å². The van der Waals surface area contributed by atoms with Gasteiger partial charge in [0.05, 0.1) is 0 Å². The first-order valence-electron chi connectivity index (χ1n) is 8.10. The van der Waals surface area contributed by atoms with Crippen molar-refractivity contribution in [2.75, 3.05) is 25.0 Å². The fourth-order valence-electron chi connectivity index (χ4n) is 3.40. The third kappa shape index (κ3) is 4.37. The maximum absolute atomic E-state index is 6.16. The molecule has 1 heterocycles. The molecule has 0 amide bonds. The Kier molecular flexibility index (Phi) is 5.56. The zero-order valence-electron chi connectivity index (χ0n) is 13.9. The molecule has 21 heavy (non-hydrogen) atoms. The van der Waals surface area contributed by atoms with Crippen LogP contribution in [0.3, 0.4) is 0 Å². The second kappa shape index (κ2) is 7.02. The fourth-order valence-corrected chi connectivity index (χ4v) is 3.59. The molecular formula is C18H29ClN2. The van der Waals surface area contributed by atoms with Crippen LogP contribution in [0.25, 0.3) is 0 Å². The van der Waals surface area contributed by atoms with Crippen LogP contribution in [0.15, 0.2) is 18.2 Å². The molecule has 1 aliphatic rings. The molecule has 0 radical (unpaired) electrons. The standard InChI is InChI=1S/C18H29ClN2/c1-18(2,3)15-6-5-10-21(11-9-15)17-8-7-16(19)12-14(17)13-20-4/h7-8,12,15,20H,5-6,9-11,13H2,1-4H3. The minimum atomic E-state index is 0.420. The highest BCUT2D eigenvalue weighted by molar-refractivity contribution is 6.30. The molecule has 1 aromatic carbocycles. The fraction of sp³-hybridized carbons (Fsp3) is 0.667. The molecule has 1 N–H and O–H groups in total. The molecule has 0 spiro atoms. The van der Waals surface area contributed by atoms with E-state index in [9.17, 15) is 0 Å². The smallest absolute Gasteiger partial charge is 0.0412 e. The summed E-state index contributed by atoms with van der Waals surface area (Å²) in [6, 6.07) is 6.30. The van der Waals surface area contributed by atoms with E-state index in [1.165, 1.54) is 30.5 Å². The van der Waals surface area contributed by atoms with Gasteiger partial charge in [-0.25, -0.2) is 0 Å². The molecule has 3 heteroatoms. The van der Waals surface area contributed by atoms with Gasteiger partial charge in [-0.3, -0.25) is 0 Å². The Balaban J connectivity index is 2.15. The molecule has 2 nitrogen and oxygen atoms in total. The monoisotopic (exact) mass is 308 g/mol. The third-order valence-corrected chi connectivity index (χ3v) is 4.94. The van der Waals surface area contributed by atoms with Gasteiger partial charge in [0, 0.05) is 30.3 Å². The van der Waals surface area contributed by atoms with Crippen LogP contribution in [0.5, 0.6) is 0 Å². The van der Waals surface area contributed by atoms with Crippen molar-refractivity contribution in [3.8, 4) is 0 Å². The number of nitrogens with zero attached hydrogens (tertiary/aromatic N) is 1. The summed E-state index contributed by atoms with van der Waals surface area (Å²) in [5.74, 6) is 0.822. The van der Waals surface area contributed by atoms with Crippen molar-refractivity contribution in [2.24, 2.45) is 11.3 Å². The van der Waals surface area contributed by atoms with Crippen molar-refractivity contribution >= 4 is 17.3 Å². The third-order valence-electron chi connectivity index (χ3n) is 4.70. The first-order valence-corrected chi connectivity index (χ1v) is 8.47. The van der Waals surface area contributed by atoms with Crippen LogP contribution in [0.1, 0.15) is 45.6 Å². The first kappa shape index (κ1) is 16.6. The Bertz CT molecular complexity index is 465. The van der Waals surface area contributed by atoms with Gasteiger partial charge in [-0.1, -0.05) is 32.4 Å². The van der Waals surface area contributed by atoms with E-state index in [1.54, 1.807) is 0 Å². The lowest BCUT2D eigenvalue weighted by Crippen LogP contribution is -2.27. The number of halogens is 1. The SMILES string of the molecule is CNCc1cc(Cl)ccc1N1CCCC(C(C)(C)C)CC1. The maximum atomic E-state index is 6.16. The highest BCUT2D eigenvalue weighted by Gasteiger charge is 2.27. The molecule has 2 rings (SSSR count). The molecule has 0 bridgehead atoms. The lowest BCUT2D eigenvalue weighted by molar-refractivity contribution is 0.220. The van der Waals surface area contributed by atoms with E-state index in [0.29, 0.717) is 5.41 Å². The summed E-state index contributed by atoms with van der Waals surface area (Å²) in [6.07, 6.45) is 3.91. The Morgan fingerprint density at radius 3 is 2.67 bits per heavy atom. The predicted molar refractivity (Wildman–Crippen MR) is 93.2 cm³/mol. The summed E-state index contributed by atoms with van der Waals surface area (Å²) in [6.45, 7) is 10.3. The lowest BCUT2D eigenvalue weighted by atomic mass is 9.77. The van der Waals surface area contributed by atoms with Crippen molar-refractivity contribution in [1.29, 1.82) is 0 Å². The summed E-state index contributed by atoms with van der Waals surface area (Å²) in [7, 11) is 1.99. The summed E-state index contributed by atoms with van der Waals surface area (Å²) in [4.78, 5) is 2.55.